The molecule has 1 saturated heterocycles. The van der Waals surface area contributed by atoms with Gasteiger partial charge in [0.05, 0.1) is 18.4 Å². The van der Waals surface area contributed by atoms with E-state index in [2.05, 4.69) is 39.5 Å². The first kappa shape index (κ1) is 27.7. The van der Waals surface area contributed by atoms with Gasteiger partial charge in [0.25, 0.3) is 0 Å². The molecule has 6 nitrogen and oxygen atoms in total. The summed E-state index contributed by atoms with van der Waals surface area (Å²) in [6, 6.07) is 8.13. The summed E-state index contributed by atoms with van der Waals surface area (Å²) in [5, 5.41) is 0. The lowest BCUT2D eigenvalue weighted by Crippen LogP contribution is -2.41. The van der Waals surface area contributed by atoms with Crippen molar-refractivity contribution in [3.63, 3.8) is 0 Å². The molecule has 1 aliphatic heterocycles. The fourth-order valence-corrected chi connectivity index (χ4v) is 5.43. The zero-order valence-corrected chi connectivity index (χ0v) is 22.5. The van der Waals surface area contributed by atoms with Crippen LogP contribution in [-0.4, -0.2) is 36.7 Å². The molecule has 0 N–H and O–H groups in total. The van der Waals surface area contributed by atoms with E-state index in [-0.39, 0.29) is 24.0 Å². The summed E-state index contributed by atoms with van der Waals surface area (Å²) in [5.41, 5.74) is 4.59. The molecule has 1 heterocycles. The Labute approximate surface area is 215 Å². The molecule has 0 spiro atoms. The minimum absolute atomic E-state index is 0.0773. The summed E-state index contributed by atoms with van der Waals surface area (Å²) in [4.78, 5) is 36.9. The quantitative estimate of drug-likeness (QED) is 0.136. The second kappa shape index (κ2) is 11.9. The van der Waals surface area contributed by atoms with Gasteiger partial charge in [0, 0.05) is 18.9 Å². The van der Waals surface area contributed by atoms with Gasteiger partial charge in [0.15, 0.2) is 0 Å². The lowest BCUT2D eigenvalue weighted by molar-refractivity contribution is -0.153. The first-order valence-electron chi connectivity index (χ1n) is 13.0. The Morgan fingerprint density at radius 2 is 1.81 bits per heavy atom. The van der Waals surface area contributed by atoms with Crippen LogP contribution in [0.25, 0.3) is 0 Å². The number of fused-ring (bicyclic) bond motifs is 1. The third-order valence-electron chi connectivity index (χ3n) is 7.29. The Hall–Kier alpha value is -2.89. The van der Waals surface area contributed by atoms with Crippen LogP contribution in [0.5, 0.6) is 0 Å². The van der Waals surface area contributed by atoms with Crippen LogP contribution in [0.3, 0.4) is 0 Å². The third-order valence-corrected chi connectivity index (χ3v) is 7.29. The van der Waals surface area contributed by atoms with E-state index in [1.165, 1.54) is 12.5 Å². The van der Waals surface area contributed by atoms with Gasteiger partial charge < -0.3 is 14.2 Å². The van der Waals surface area contributed by atoms with Gasteiger partial charge in [-0.3, -0.25) is 9.59 Å². The standard InChI is InChI=1S/C30H40O6/c1-17(2)15-23-10-12-24(13-11-23)20(5)29(32)36-28-26(18(3)9-8-14-34-22(7)31)19(4)16-25-27(28)21(6)30(33)35-25/h10-13,17-18,20,25,27-28H,6,8-9,14-16H2,1-5,7H3. The number of rotatable bonds is 10. The van der Waals surface area contributed by atoms with Crippen molar-refractivity contribution in [3.05, 3.63) is 58.7 Å². The number of carbonyl (C=O) groups is 3. The zero-order chi connectivity index (χ0) is 26.6. The number of carbonyl (C=O) groups excluding carboxylic acids is 3. The van der Waals surface area contributed by atoms with E-state index in [0.29, 0.717) is 30.9 Å². The largest absolute Gasteiger partial charge is 0.466 e. The van der Waals surface area contributed by atoms with E-state index in [9.17, 15) is 14.4 Å². The summed E-state index contributed by atoms with van der Waals surface area (Å²) in [7, 11) is 0. The van der Waals surface area contributed by atoms with E-state index in [0.717, 1.165) is 29.6 Å². The van der Waals surface area contributed by atoms with Crippen molar-refractivity contribution < 1.29 is 28.6 Å². The second-order valence-electron chi connectivity index (χ2n) is 10.7. The molecular formula is C30H40O6. The number of hydrogen-bond donors (Lipinski definition) is 0. The molecule has 0 radical (unpaired) electrons. The molecule has 196 valence electrons. The minimum Gasteiger partial charge on any atom is -0.466 e. The molecule has 5 unspecified atom stereocenters. The van der Waals surface area contributed by atoms with Gasteiger partial charge in [-0.05, 0) is 61.6 Å². The smallest absolute Gasteiger partial charge is 0.334 e. The number of hydrogen-bond acceptors (Lipinski definition) is 6. The molecule has 5 atom stereocenters. The van der Waals surface area contributed by atoms with Gasteiger partial charge in [-0.15, -0.1) is 0 Å². The Morgan fingerprint density at radius 3 is 2.42 bits per heavy atom. The molecular weight excluding hydrogens is 456 g/mol. The fraction of sp³-hybridized carbons (Fsp3) is 0.567. The van der Waals surface area contributed by atoms with Gasteiger partial charge in [-0.25, -0.2) is 4.79 Å². The Kier molecular flexibility index (Phi) is 9.15. The third kappa shape index (κ3) is 6.45. The van der Waals surface area contributed by atoms with Gasteiger partial charge in [0.2, 0.25) is 0 Å². The number of esters is 3. The Balaban J connectivity index is 1.80. The molecule has 1 aromatic rings. The normalized spacial score (nSPS) is 23.2. The predicted molar refractivity (Wildman–Crippen MR) is 138 cm³/mol. The van der Waals surface area contributed by atoms with Crippen molar-refractivity contribution in [2.75, 3.05) is 6.61 Å². The van der Waals surface area contributed by atoms with Crippen molar-refractivity contribution in [1.82, 2.24) is 0 Å². The van der Waals surface area contributed by atoms with E-state index in [4.69, 9.17) is 14.2 Å². The predicted octanol–water partition coefficient (Wildman–Crippen LogP) is 5.70. The molecule has 36 heavy (non-hydrogen) atoms. The molecule has 0 aromatic heterocycles. The van der Waals surface area contributed by atoms with Crippen LogP contribution in [-0.2, 0) is 35.0 Å². The van der Waals surface area contributed by atoms with E-state index in [1.54, 1.807) is 0 Å². The Bertz CT molecular complexity index is 1020. The topological polar surface area (TPSA) is 78.9 Å². The molecule has 6 heteroatoms. The molecule has 0 amide bonds. The molecule has 3 rings (SSSR count). The highest BCUT2D eigenvalue weighted by molar-refractivity contribution is 5.91. The van der Waals surface area contributed by atoms with Crippen molar-refractivity contribution in [2.45, 2.75) is 85.4 Å². The van der Waals surface area contributed by atoms with Gasteiger partial charge in [0.1, 0.15) is 12.2 Å². The van der Waals surface area contributed by atoms with Crippen molar-refractivity contribution in [2.24, 2.45) is 17.8 Å². The summed E-state index contributed by atoms with van der Waals surface area (Å²) < 4.78 is 16.9. The molecule has 2 aliphatic rings. The maximum Gasteiger partial charge on any atom is 0.334 e. The van der Waals surface area contributed by atoms with Crippen molar-refractivity contribution >= 4 is 17.9 Å². The molecule has 0 bridgehead atoms. The van der Waals surface area contributed by atoms with E-state index in [1.807, 2.05) is 26.0 Å². The van der Waals surface area contributed by atoms with Crippen LogP contribution in [0, 0.1) is 17.8 Å². The highest BCUT2D eigenvalue weighted by Crippen LogP contribution is 2.45. The highest BCUT2D eigenvalue weighted by Gasteiger charge is 2.50. The highest BCUT2D eigenvalue weighted by atomic mass is 16.6. The van der Waals surface area contributed by atoms with Gasteiger partial charge >= 0.3 is 17.9 Å². The Morgan fingerprint density at radius 1 is 1.14 bits per heavy atom. The van der Waals surface area contributed by atoms with Crippen molar-refractivity contribution in [3.8, 4) is 0 Å². The van der Waals surface area contributed by atoms with Crippen LogP contribution in [0.15, 0.2) is 47.6 Å². The average molecular weight is 497 g/mol. The average Bonchev–Trinajstić information content (AvgIpc) is 3.08. The maximum atomic E-state index is 13.4. The first-order chi connectivity index (χ1) is 17.0. The van der Waals surface area contributed by atoms with Crippen molar-refractivity contribution in [1.29, 1.82) is 0 Å². The summed E-state index contributed by atoms with van der Waals surface area (Å²) in [6.07, 6.45) is 2.07. The summed E-state index contributed by atoms with van der Waals surface area (Å²) in [6.45, 7) is 16.0. The van der Waals surface area contributed by atoms with Crippen LogP contribution in [0.4, 0.5) is 0 Å². The fourth-order valence-electron chi connectivity index (χ4n) is 5.43. The van der Waals surface area contributed by atoms with Gasteiger partial charge in [-0.1, -0.05) is 57.2 Å². The molecule has 0 saturated carbocycles. The van der Waals surface area contributed by atoms with Gasteiger partial charge in [-0.2, -0.15) is 0 Å². The van der Waals surface area contributed by atoms with Crippen LogP contribution in [0.2, 0.25) is 0 Å². The SMILES string of the molecule is C=C1C(=O)OC2CC(C)=C(C(C)CCCOC(C)=O)C(OC(=O)C(C)c3ccc(CC(C)C)cc3)C12. The lowest BCUT2D eigenvalue weighted by Gasteiger charge is -2.38. The molecule has 1 fully saturated rings. The van der Waals surface area contributed by atoms with Crippen LogP contribution >= 0.6 is 0 Å². The lowest BCUT2D eigenvalue weighted by atomic mass is 9.73. The first-order valence-corrected chi connectivity index (χ1v) is 13.0. The minimum atomic E-state index is -0.610. The number of benzene rings is 1. The monoisotopic (exact) mass is 496 g/mol. The zero-order valence-electron chi connectivity index (χ0n) is 22.5. The van der Waals surface area contributed by atoms with E-state index < -0.39 is 23.9 Å². The van der Waals surface area contributed by atoms with Crippen LogP contribution < -0.4 is 0 Å². The molecule has 1 aliphatic carbocycles. The van der Waals surface area contributed by atoms with Crippen LogP contribution in [0.1, 0.15) is 77.8 Å². The summed E-state index contributed by atoms with van der Waals surface area (Å²) >= 11 is 0. The van der Waals surface area contributed by atoms with E-state index >= 15 is 0 Å². The number of ether oxygens (including phenoxy) is 3. The maximum absolute atomic E-state index is 13.4. The summed E-state index contributed by atoms with van der Waals surface area (Å²) in [5.74, 6) is -1.25. The molecule has 1 aromatic carbocycles. The second-order valence-corrected chi connectivity index (χ2v) is 10.7.